The number of hydrogen-bond donors (Lipinski definition) is 1. The smallest absolute Gasteiger partial charge is 0.243 e. The van der Waals surface area contributed by atoms with Crippen molar-refractivity contribution in [2.24, 2.45) is 0 Å². The SMILES string of the molecule is C/C=C/c1ccc(C(=O)C(=O)c2ccc(/C=C/C(=O)NCCCCCCCC)cc2)cc1. The normalized spacial score (nSPS) is 11.2. The average molecular weight is 432 g/mol. The van der Waals surface area contributed by atoms with E-state index in [1.54, 1.807) is 42.5 Å². The van der Waals surface area contributed by atoms with Gasteiger partial charge < -0.3 is 5.32 Å². The third kappa shape index (κ3) is 8.46. The number of unbranched alkanes of at least 4 members (excludes halogenated alkanes) is 5. The molecule has 0 fully saturated rings. The minimum absolute atomic E-state index is 0.129. The van der Waals surface area contributed by atoms with Gasteiger partial charge in [-0.3, -0.25) is 14.4 Å². The standard InChI is InChI=1S/C28H33NO3/c1-3-5-6-7-8-9-21-29-26(30)20-15-23-13-18-25(19-14-23)28(32)27(31)24-16-11-22(10-4-2)12-17-24/h4,10-20H,3,5-9,21H2,1-2H3,(H,29,30)/b10-4+,20-15+. The summed E-state index contributed by atoms with van der Waals surface area (Å²) < 4.78 is 0. The molecule has 0 radical (unpaired) electrons. The molecule has 0 heterocycles. The van der Waals surface area contributed by atoms with Gasteiger partial charge in [-0.15, -0.1) is 0 Å². The summed E-state index contributed by atoms with van der Waals surface area (Å²) >= 11 is 0. The Balaban J connectivity index is 1.83. The van der Waals surface area contributed by atoms with Crippen molar-refractivity contribution in [1.29, 1.82) is 0 Å². The van der Waals surface area contributed by atoms with Crippen LogP contribution in [0.2, 0.25) is 0 Å². The fraction of sp³-hybridized carbons (Fsp3) is 0.321. The maximum Gasteiger partial charge on any atom is 0.243 e. The Kier molecular flexibility index (Phi) is 10.9. The third-order valence-electron chi connectivity index (χ3n) is 5.17. The van der Waals surface area contributed by atoms with Crippen LogP contribution in [0.3, 0.4) is 0 Å². The topological polar surface area (TPSA) is 63.2 Å². The second kappa shape index (κ2) is 13.9. The zero-order valence-corrected chi connectivity index (χ0v) is 19.1. The molecule has 2 aromatic carbocycles. The quantitative estimate of drug-likeness (QED) is 0.176. The Morgan fingerprint density at radius 1 is 0.719 bits per heavy atom. The first kappa shape index (κ1) is 25.0. The zero-order valence-electron chi connectivity index (χ0n) is 19.1. The molecule has 0 aliphatic carbocycles. The van der Waals surface area contributed by atoms with Crippen LogP contribution in [0.15, 0.2) is 60.7 Å². The lowest BCUT2D eigenvalue weighted by Gasteiger charge is -2.03. The second-order valence-electron chi connectivity index (χ2n) is 7.79. The van der Waals surface area contributed by atoms with E-state index in [0.717, 1.165) is 24.0 Å². The summed E-state index contributed by atoms with van der Waals surface area (Å²) in [4.78, 5) is 36.9. The lowest BCUT2D eigenvalue weighted by atomic mass is 9.99. The Hall–Kier alpha value is -3.27. The molecule has 0 spiro atoms. The van der Waals surface area contributed by atoms with Crippen LogP contribution in [-0.4, -0.2) is 24.0 Å². The first-order valence-electron chi connectivity index (χ1n) is 11.4. The predicted octanol–water partition coefficient (Wildman–Crippen LogP) is 6.28. The number of allylic oxidation sites excluding steroid dienone is 1. The van der Waals surface area contributed by atoms with Crippen molar-refractivity contribution < 1.29 is 14.4 Å². The van der Waals surface area contributed by atoms with Gasteiger partial charge >= 0.3 is 0 Å². The van der Waals surface area contributed by atoms with E-state index in [1.165, 1.54) is 31.8 Å². The summed E-state index contributed by atoms with van der Waals surface area (Å²) in [5.41, 5.74) is 2.47. The monoisotopic (exact) mass is 431 g/mol. The van der Waals surface area contributed by atoms with Crippen LogP contribution < -0.4 is 5.32 Å². The van der Waals surface area contributed by atoms with E-state index in [0.29, 0.717) is 17.7 Å². The molecule has 2 aromatic rings. The van der Waals surface area contributed by atoms with E-state index < -0.39 is 11.6 Å². The summed E-state index contributed by atoms with van der Waals surface area (Å²) in [6.45, 7) is 4.80. The van der Waals surface area contributed by atoms with E-state index in [2.05, 4.69) is 12.2 Å². The van der Waals surface area contributed by atoms with Crippen molar-refractivity contribution in [3.8, 4) is 0 Å². The van der Waals surface area contributed by atoms with Crippen LogP contribution in [-0.2, 0) is 4.79 Å². The summed E-state index contributed by atoms with van der Waals surface area (Å²) in [5.74, 6) is -1.21. The van der Waals surface area contributed by atoms with Crippen molar-refractivity contribution in [3.63, 3.8) is 0 Å². The number of carbonyl (C=O) groups excluding carboxylic acids is 3. The van der Waals surface area contributed by atoms with Gasteiger partial charge in [0.1, 0.15) is 0 Å². The lowest BCUT2D eigenvalue weighted by molar-refractivity contribution is -0.116. The van der Waals surface area contributed by atoms with Crippen LogP contribution >= 0.6 is 0 Å². The Morgan fingerprint density at radius 3 is 1.75 bits per heavy atom. The number of rotatable bonds is 13. The fourth-order valence-corrected chi connectivity index (χ4v) is 3.29. The molecule has 0 saturated heterocycles. The van der Waals surface area contributed by atoms with Crippen molar-refractivity contribution in [2.45, 2.75) is 52.4 Å². The van der Waals surface area contributed by atoms with E-state index in [1.807, 2.05) is 31.2 Å². The number of hydrogen-bond acceptors (Lipinski definition) is 3. The molecule has 168 valence electrons. The number of amides is 1. The highest BCUT2D eigenvalue weighted by Crippen LogP contribution is 2.12. The molecule has 0 saturated carbocycles. The largest absolute Gasteiger partial charge is 0.353 e. The highest BCUT2D eigenvalue weighted by molar-refractivity contribution is 6.49. The predicted molar refractivity (Wildman–Crippen MR) is 132 cm³/mol. The van der Waals surface area contributed by atoms with Crippen LogP contribution in [0, 0.1) is 0 Å². The molecule has 1 amide bonds. The average Bonchev–Trinajstić information content (AvgIpc) is 2.82. The van der Waals surface area contributed by atoms with Crippen molar-refractivity contribution >= 4 is 29.6 Å². The van der Waals surface area contributed by atoms with E-state index >= 15 is 0 Å². The van der Waals surface area contributed by atoms with Crippen LogP contribution in [0.4, 0.5) is 0 Å². The van der Waals surface area contributed by atoms with Crippen LogP contribution in [0.1, 0.15) is 84.2 Å². The molecule has 4 nitrogen and oxygen atoms in total. The van der Waals surface area contributed by atoms with Gasteiger partial charge in [0.05, 0.1) is 0 Å². The fourth-order valence-electron chi connectivity index (χ4n) is 3.29. The molecule has 2 rings (SSSR count). The molecular weight excluding hydrogens is 398 g/mol. The molecule has 1 N–H and O–H groups in total. The van der Waals surface area contributed by atoms with Crippen molar-refractivity contribution in [3.05, 3.63) is 82.9 Å². The maximum atomic E-state index is 12.5. The van der Waals surface area contributed by atoms with Crippen molar-refractivity contribution in [1.82, 2.24) is 5.32 Å². The Labute approximate surface area is 191 Å². The van der Waals surface area contributed by atoms with Gasteiger partial charge in [0, 0.05) is 23.7 Å². The molecule has 4 heteroatoms. The molecule has 32 heavy (non-hydrogen) atoms. The minimum Gasteiger partial charge on any atom is -0.353 e. The molecule has 0 aromatic heterocycles. The minimum atomic E-state index is -0.545. The number of benzene rings is 2. The van der Waals surface area contributed by atoms with Gasteiger partial charge in [0.2, 0.25) is 17.5 Å². The molecule has 0 aliphatic rings. The van der Waals surface area contributed by atoms with Gasteiger partial charge in [-0.05, 0) is 30.5 Å². The van der Waals surface area contributed by atoms with Gasteiger partial charge in [-0.2, -0.15) is 0 Å². The highest BCUT2D eigenvalue weighted by atomic mass is 16.2. The highest BCUT2D eigenvalue weighted by Gasteiger charge is 2.17. The van der Waals surface area contributed by atoms with E-state index in [4.69, 9.17) is 0 Å². The molecular formula is C28H33NO3. The Morgan fingerprint density at radius 2 is 1.22 bits per heavy atom. The first-order valence-corrected chi connectivity index (χ1v) is 11.4. The van der Waals surface area contributed by atoms with Gasteiger partial charge in [-0.25, -0.2) is 0 Å². The lowest BCUT2D eigenvalue weighted by Crippen LogP contribution is -2.21. The Bertz CT molecular complexity index is 938. The second-order valence-corrected chi connectivity index (χ2v) is 7.79. The summed E-state index contributed by atoms with van der Waals surface area (Å²) in [6, 6.07) is 13.6. The molecule has 0 aliphatic heterocycles. The first-order chi connectivity index (χ1) is 15.5. The van der Waals surface area contributed by atoms with Gasteiger partial charge in [-0.1, -0.05) is 99.7 Å². The van der Waals surface area contributed by atoms with Crippen molar-refractivity contribution in [2.75, 3.05) is 6.54 Å². The molecule has 0 atom stereocenters. The number of carbonyl (C=O) groups is 3. The summed E-state index contributed by atoms with van der Waals surface area (Å²) in [6.07, 6.45) is 14.2. The van der Waals surface area contributed by atoms with Gasteiger partial charge in [0.15, 0.2) is 0 Å². The van der Waals surface area contributed by atoms with E-state index in [9.17, 15) is 14.4 Å². The maximum absolute atomic E-state index is 12.5. The molecule has 0 unspecified atom stereocenters. The zero-order chi connectivity index (χ0) is 23.2. The molecule has 0 bridgehead atoms. The van der Waals surface area contributed by atoms with Crippen LogP contribution in [0.5, 0.6) is 0 Å². The number of nitrogens with one attached hydrogen (secondary N) is 1. The number of Topliss-reactive ketones (excluding diaryl/α,β-unsaturated/α-hetero) is 2. The number of ketones is 2. The van der Waals surface area contributed by atoms with E-state index in [-0.39, 0.29) is 5.91 Å². The summed E-state index contributed by atoms with van der Waals surface area (Å²) in [7, 11) is 0. The van der Waals surface area contributed by atoms with Crippen LogP contribution in [0.25, 0.3) is 12.2 Å². The van der Waals surface area contributed by atoms with Gasteiger partial charge in [0.25, 0.3) is 0 Å². The third-order valence-corrected chi connectivity index (χ3v) is 5.17. The summed E-state index contributed by atoms with van der Waals surface area (Å²) in [5, 5.41) is 2.89.